The maximum Gasteiger partial charge on any atom is 0.0704 e. The summed E-state index contributed by atoms with van der Waals surface area (Å²) in [6, 6.07) is 10.2. The smallest absolute Gasteiger partial charge is 0.0704 e. The van der Waals surface area contributed by atoms with Gasteiger partial charge in [0.2, 0.25) is 0 Å². The summed E-state index contributed by atoms with van der Waals surface area (Å²) in [7, 11) is 0. The lowest BCUT2D eigenvalue weighted by atomic mass is 9.75. The van der Waals surface area contributed by atoms with E-state index in [0.717, 1.165) is 31.2 Å². The van der Waals surface area contributed by atoms with Crippen molar-refractivity contribution >= 4 is 10.9 Å². The highest BCUT2D eigenvalue weighted by Crippen LogP contribution is 2.35. The van der Waals surface area contributed by atoms with Gasteiger partial charge in [0.25, 0.3) is 0 Å². The van der Waals surface area contributed by atoms with E-state index in [1.165, 1.54) is 17.4 Å². The van der Waals surface area contributed by atoms with Crippen LogP contribution in [0.4, 0.5) is 0 Å². The molecule has 1 N–H and O–H groups in total. The number of rotatable bonds is 2. The van der Waals surface area contributed by atoms with Crippen LogP contribution in [-0.4, -0.2) is 15.7 Å². The average molecular weight is 255 g/mol. The van der Waals surface area contributed by atoms with Gasteiger partial charge in [0.05, 0.1) is 11.1 Å². The van der Waals surface area contributed by atoms with Crippen molar-refractivity contribution in [2.45, 2.75) is 44.6 Å². The van der Waals surface area contributed by atoms with Gasteiger partial charge >= 0.3 is 0 Å². The number of aromatic nitrogens is 1. The van der Waals surface area contributed by atoms with Gasteiger partial charge in [0, 0.05) is 18.0 Å². The molecule has 2 aromatic rings. The summed E-state index contributed by atoms with van der Waals surface area (Å²) in [4.78, 5) is 4.39. The molecule has 1 saturated carbocycles. The van der Waals surface area contributed by atoms with Crippen molar-refractivity contribution < 1.29 is 5.11 Å². The molecule has 2 nitrogen and oxygen atoms in total. The molecule has 0 amide bonds. The van der Waals surface area contributed by atoms with Crippen molar-refractivity contribution in [3.8, 4) is 0 Å². The molecule has 1 heterocycles. The number of hydrogen-bond donors (Lipinski definition) is 1. The Morgan fingerprint density at radius 2 is 2.16 bits per heavy atom. The van der Waals surface area contributed by atoms with E-state index in [0.29, 0.717) is 5.92 Å². The second-order valence-electron chi connectivity index (χ2n) is 6.09. The first-order chi connectivity index (χ1) is 9.16. The summed E-state index contributed by atoms with van der Waals surface area (Å²) >= 11 is 0. The fourth-order valence-electron chi connectivity index (χ4n) is 3.46. The zero-order chi connectivity index (χ0) is 13.3. The molecular weight excluding hydrogens is 234 g/mol. The number of hydrogen-bond acceptors (Lipinski definition) is 2. The molecule has 1 aliphatic rings. The minimum atomic E-state index is -0.526. The fraction of sp³-hybridized carbons (Fsp3) is 0.471. The van der Waals surface area contributed by atoms with Crippen molar-refractivity contribution in [1.82, 2.24) is 4.98 Å². The lowest BCUT2D eigenvalue weighted by molar-refractivity contribution is -0.0121. The van der Waals surface area contributed by atoms with Gasteiger partial charge in [-0.05, 0) is 36.5 Å². The molecule has 19 heavy (non-hydrogen) atoms. The minimum Gasteiger partial charge on any atom is -0.390 e. The first-order valence-electron chi connectivity index (χ1n) is 7.21. The third-order valence-electron chi connectivity index (χ3n) is 4.33. The molecule has 0 saturated heterocycles. The van der Waals surface area contributed by atoms with Crippen molar-refractivity contribution in [2.75, 3.05) is 0 Å². The van der Waals surface area contributed by atoms with Gasteiger partial charge in [0.15, 0.2) is 0 Å². The molecule has 2 heteroatoms. The third-order valence-corrected chi connectivity index (χ3v) is 4.33. The topological polar surface area (TPSA) is 33.1 Å². The van der Waals surface area contributed by atoms with Crippen LogP contribution in [0.3, 0.4) is 0 Å². The van der Waals surface area contributed by atoms with E-state index >= 15 is 0 Å². The molecule has 2 atom stereocenters. The van der Waals surface area contributed by atoms with Crippen LogP contribution < -0.4 is 0 Å². The van der Waals surface area contributed by atoms with Crippen molar-refractivity contribution in [3.05, 3.63) is 42.1 Å². The lowest BCUT2D eigenvalue weighted by Crippen LogP contribution is -2.36. The van der Waals surface area contributed by atoms with Crippen LogP contribution in [0.1, 0.15) is 38.2 Å². The van der Waals surface area contributed by atoms with E-state index in [1.54, 1.807) is 0 Å². The molecule has 1 aromatic heterocycles. The van der Waals surface area contributed by atoms with Crippen molar-refractivity contribution in [1.29, 1.82) is 0 Å². The lowest BCUT2D eigenvalue weighted by Gasteiger charge is -2.36. The molecule has 0 aliphatic heterocycles. The Morgan fingerprint density at radius 3 is 3.00 bits per heavy atom. The number of aliphatic hydroxyl groups is 1. The minimum absolute atomic E-state index is 0.526. The summed E-state index contributed by atoms with van der Waals surface area (Å²) in [5.74, 6) is 0.631. The predicted octanol–water partition coefficient (Wildman–Crippen LogP) is 3.72. The normalized spacial score (nSPS) is 27.6. The van der Waals surface area contributed by atoms with E-state index in [2.05, 4.69) is 24.0 Å². The van der Waals surface area contributed by atoms with Gasteiger partial charge in [-0.25, -0.2) is 0 Å². The summed E-state index contributed by atoms with van der Waals surface area (Å²) in [5.41, 5.74) is 1.72. The first kappa shape index (κ1) is 12.6. The molecule has 1 aromatic carbocycles. The number of fused-ring (bicyclic) bond motifs is 1. The van der Waals surface area contributed by atoms with Crippen molar-refractivity contribution in [2.24, 2.45) is 5.92 Å². The SMILES string of the molecule is CC1CCCC(O)(Cc2ccnc3ccccc23)C1. The van der Waals surface area contributed by atoms with Crippen LogP contribution in [0.25, 0.3) is 10.9 Å². The molecule has 2 unspecified atom stereocenters. The number of para-hydroxylation sites is 1. The molecule has 1 aliphatic carbocycles. The quantitative estimate of drug-likeness (QED) is 0.887. The molecule has 0 radical (unpaired) electrons. The second-order valence-corrected chi connectivity index (χ2v) is 6.09. The van der Waals surface area contributed by atoms with Crippen molar-refractivity contribution in [3.63, 3.8) is 0 Å². The van der Waals surface area contributed by atoms with E-state index < -0.39 is 5.60 Å². The van der Waals surface area contributed by atoms with Gasteiger partial charge in [-0.1, -0.05) is 38.0 Å². The van der Waals surface area contributed by atoms with Crippen LogP contribution in [0.2, 0.25) is 0 Å². The van der Waals surface area contributed by atoms with E-state index in [1.807, 2.05) is 24.4 Å². The highest BCUT2D eigenvalue weighted by molar-refractivity contribution is 5.81. The standard InChI is InChI=1S/C17H21NO/c1-13-5-4-9-17(19,11-13)12-14-8-10-18-16-7-3-2-6-15(14)16/h2-3,6-8,10,13,19H,4-5,9,11-12H2,1H3. The maximum absolute atomic E-state index is 10.8. The fourth-order valence-corrected chi connectivity index (χ4v) is 3.46. The molecule has 1 fully saturated rings. The highest BCUT2D eigenvalue weighted by atomic mass is 16.3. The van der Waals surface area contributed by atoms with Crippen LogP contribution in [0, 0.1) is 5.92 Å². The Morgan fingerprint density at radius 1 is 1.32 bits per heavy atom. The molecule has 0 spiro atoms. The monoisotopic (exact) mass is 255 g/mol. The Hall–Kier alpha value is -1.41. The average Bonchev–Trinajstić information content (AvgIpc) is 2.38. The second kappa shape index (κ2) is 4.93. The van der Waals surface area contributed by atoms with E-state index in [9.17, 15) is 5.11 Å². The van der Waals surface area contributed by atoms with Gasteiger partial charge in [-0.3, -0.25) is 4.98 Å². The highest BCUT2D eigenvalue weighted by Gasteiger charge is 2.33. The first-order valence-corrected chi connectivity index (χ1v) is 7.21. The summed E-state index contributed by atoms with van der Waals surface area (Å²) in [5, 5.41) is 12.0. The van der Waals surface area contributed by atoms with Crippen LogP contribution >= 0.6 is 0 Å². The zero-order valence-corrected chi connectivity index (χ0v) is 11.5. The Balaban J connectivity index is 1.92. The van der Waals surface area contributed by atoms with E-state index in [4.69, 9.17) is 0 Å². The zero-order valence-electron chi connectivity index (χ0n) is 11.5. The molecule has 100 valence electrons. The van der Waals surface area contributed by atoms with Gasteiger partial charge in [-0.15, -0.1) is 0 Å². The summed E-state index contributed by atoms with van der Waals surface area (Å²) in [6.07, 6.45) is 6.84. The van der Waals surface area contributed by atoms with Crippen LogP contribution in [-0.2, 0) is 6.42 Å². The van der Waals surface area contributed by atoms with Gasteiger partial charge in [0.1, 0.15) is 0 Å². The number of nitrogens with zero attached hydrogens (tertiary/aromatic N) is 1. The van der Waals surface area contributed by atoms with Gasteiger partial charge in [-0.2, -0.15) is 0 Å². The number of pyridine rings is 1. The van der Waals surface area contributed by atoms with Gasteiger partial charge < -0.3 is 5.11 Å². The Bertz CT molecular complexity index is 575. The summed E-state index contributed by atoms with van der Waals surface area (Å²) < 4.78 is 0. The predicted molar refractivity (Wildman–Crippen MR) is 78.0 cm³/mol. The third kappa shape index (κ3) is 2.64. The Kier molecular flexibility index (Phi) is 3.28. The Labute approximate surface area is 114 Å². The molecular formula is C17H21NO. The molecule has 3 rings (SSSR count). The number of benzene rings is 1. The van der Waals surface area contributed by atoms with Crippen LogP contribution in [0.5, 0.6) is 0 Å². The summed E-state index contributed by atoms with van der Waals surface area (Å²) in [6.45, 7) is 2.24. The van der Waals surface area contributed by atoms with Crippen LogP contribution in [0.15, 0.2) is 36.5 Å². The molecule has 0 bridgehead atoms. The maximum atomic E-state index is 10.8. The van der Waals surface area contributed by atoms with E-state index in [-0.39, 0.29) is 0 Å². The largest absolute Gasteiger partial charge is 0.390 e.